The second-order valence-electron chi connectivity index (χ2n) is 11.0. The van der Waals surface area contributed by atoms with Crippen LogP contribution in [-0.4, -0.2) is 47.1 Å². The number of benzene rings is 2. The van der Waals surface area contributed by atoms with Gasteiger partial charge in [0, 0.05) is 18.3 Å². The summed E-state index contributed by atoms with van der Waals surface area (Å²) >= 11 is 0. The van der Waals surface area contributed by atoms with Crippen molar-refractivity contribution in [2.24, 2.45) is 5.92 Å². The number of carbonyl (C=O) groups is 2. The molecule has 2 aromatic carbocycles. The normalized spacial score (nSPS) is 22.7. The molecule has 2 aliphatic rings. The van der Waals surface area contributed by atoms with E-state index < -0.39 is 77.8 Å². The molecule has 0 radical (unpaired) electrons. The number of aliphatic carboxylic acids is 1. The molecule has 1 amide bonds. The van der Waals surface area contributed by atoms with Gasteiger partial charge in [-0.3, -0.25) is 9.69 Å². The number of carboxylic acid groups (broad SMARTS) is 1. The molecule has 1 aliphatic carbocycles. The molecule has 16 heteroatoms. The first kappa shape index (κ1) is 34.0. The highest BCUT2D eigenvalue weighted by Gasteiger charge is 2.44. The Balaban J connectivity index is 1.69. The maximum Gasteiger partial charge on any atom is 0.573 e. The summed E-state index contributed by atoms with van der Waals surface area (Å²) in [5.41, 5.74) is -3.20. The Morgan fingerprint density at radius 2 is 1.53 bits per heavy atom. The number of carbonyl (C=O) groups excluding carboxylic acids is 1. The van der Waals surface area contributed by atoms with Gasteiger partial charge in [0.05, 0.1) is 29.6 Å². The molecule has 4 rings (SSSR count). The molecule has 1 heterocycles. The van der Waals surface area contributed by atoms with E-state index in [2.05, 4.69) is 4.74 Å². The molecule has 45 heavy (non-hydrogen) atoms. The first-order valence-corrected chi connectivity index (χ1v) is 13.9. The van der Waals surface area contributed by atoms with Crippen molar-refractivity contribution in [2.75, 3.05) is 11.4 Å². The van der Waals surface area contributed by atoms with E-state index in [4.69, 9.17) is 4.74 Å². The zero-order valence-electron chi connectivity index (χ0n) is 23.9. The van der Waals surface area contributed by atoms with Crippen LogP contribution < -0.4 is 9.64 Å². The monoisotopic (exact) mass is 656 g/mol. The number of halogens is 9. The van der Waals surface area contributed by atoms with Crippen molar-refractivity contribution in [2.45, 2.75) is 83.0 Å². The zero-order valence-corrected chi connectivity index (χ0v) is 23.9. The van der Waals surface area contributed by atoms with Crippen LogP contribution >= 0.6 is 0 Å². The van der Waals surface area contributed by atoms with Gasteiger partial charge in [-0.05, 0) is 87.1 Å². The van der Waals surface area contributed by atoms with Gasteiger partial charge < -0.3 is 19.5 Å². The van der Waals surface area contributed by atoms with E-state index in [9.17, 15) is 54.2 Å². The summed E-state index contributed by atoms with van der Waals surface area (Å²) in [5, 5.41) is 9.35. The van der Waals surface area contributed by atoms with Crippen LogP contribution in [0.2, 0.25) is 0 Å². The van der Waals surface area contributed by atoms with E-state index in [1.165, 1.54) is 13.0 Å². The first-order chi connectivity index (χ1) is 20.8. The summed E-state index contributed by atoms with van der Waals surface area (Å²) in [4.78, 5) is 27.3. The Morgan fingerprint density at radius 1 is 0.956 bits per heavy atom. The number of rotatable bonds is 8. The summed E-state index contributed by atoms with van der Waals surface area (Å²) in [5.74, 6) is -2.07. The number of alkyl halides is 9. The summed E-state index contributed by atoms with van der Waals surface area (Å²) in [6, 6.07) is 3.02. The van der Waals surface area contributed by atoms with Crippen LogP contribution in [-0.2, 0) is 28.4 Å². The van der Waals surface area contributed by atoms with Crippen molar-refractivity contribution in [3.63, 3.8) is 0 Å². The molecule has 2 atom stereocenters. The van der Waals surface area contributed by atoms with Crippen LogP contribution in [0.3, 0.4) is 0 Å². The predicted molar refractivity (Wildman–Crippen MR) is 140 cm³/mol. The number of anilines is 1. The van der Waals surface area contributed by atoms with Gasteiger partial charge in [-0.25, -0.2) is 4.79 Å². The third kappa shape index (κ3) is 7.87. The van der Waals surface area contributed by atoms with E-state index in [0.29, 0.717) is 50.0 Å². The number of ether oxygens (including phenoxy) is 2. The van der Waals surface area contributed by atoms with Crippen LogP contribution in [0.4, 0.5) is 50.0 Å². The standard InChI is InChI=1S/C29H29F9N2O5/c1-3-39(21-6-4-16(5-7-21)25(41)42)23-9-8-22(45-29(36,37)38)12-18(23)14-40-15(2)24(44-26(40)43)17-10-19(27(30,31)32)13-20(11-17)28(33,34)35/h8-13,15-16,21,24H,3-7,14H2,1-2H3,(H,41,42). The third-order valence-electron chi connectivity index (χ3n) is 8.09. The Bertz CT molecular complexity index is 1370. The van der Waals surface area contributed by atoms with Crippen molar-refractivity contribution in [3.8, 4) is 5.75 Å². The SMILES string of the molecule is CCN(c1ccc(OC(F)(F)F)cc1CN1C(=O)OC(c2cc(C(F)(F)F)cc(C(F)(F)F)c2)C1C)C1CCC(C(=O)O)CC1. The molecule has 248 valence electrons. The fourth-order valence-corrected chi connectivity index (χ4v) is 5.91. The molecule has 2 fully saturated rings. The zero-order chi connectivity index (χ0) is 33.5. The number of nitrogens with zero attached hydrogens (tertiary/aromatic N) is 2. The predicted octanol–water partition coefficient (Wildman–Crippen LogP) is 8.17. The highest BCUT2D eigenvalue weighted by molar-refractivity contribution is 5.72. The Labute approximate surface area is 251 Å². The van der Waals surface area contributed by atoms with Crippen molar-refractivity contribution in [1.82, 2.24) is 4.90 Å². The van der Waals surface area contributed by atoms with Gasteiger partial charge in [0.25, 0.3) is 0 Å². The van der Waals surface area contributed by atoms with Gasteiger partial charge in [0.2, 0.25) is 0 Å². The average Bonchev–Trinajstić information content (AvgIpc) is 3.21. The number of carboxylic acids is 1. The molecular formula is C29H29F9N2O5. The largest absolute Gasteiger partial charge is 0.573 e. The van der Waals surface area contributed by atoms with Gasteiger partial charge in [0.1, 0.15) is 11.9 Å². The molecule has 2 unspecified atom stereocenters. The summed E-state index contributed by atoms with van der Waals surface area (Å²) in [7, 11) is 0. The first-order valence-electron chi connectivity index (χ1n) is 13.9. The Kier molecular flexibility index (Phi) is 9.46. The summed E-state index contributed by atoms with van der Waals surface area (Å²) in [6.07, 6.45) is -16.3. The van der Waals surface area contributed by atoms with Gasteiger partial charge >= 0.3 is 30.8 Å². The average molecular weight is 657 g/mol. The molecule has 1 saturated heterocycles. The van der Waals surface area contributed by atoms with Crippen molar-refractivity contribution < 1.29 is 63.7 Å². The third-order valence-corrected chi connectivity index (χ3v) is 8.09. The van der Waals surface area contributed by atoms with Crippen LogP contribution in [0, 0.1) is 5.92 Å². The van der Waals surface area contributed by atoms with E-state index in [1.807, 2.05) is 4.90 Å². The fraction of sp³-hybridized carbons (Fsp3) is 0.517. The highest BCUT2D eigenvalue weighted by Crippen LogP contribution is 2.42. The highest BCUT2D eigenvalue weighted by atomic mass is 19.4. The van der Waals surface area contributed by atoms with Crippen LogP contribution in [0.25, 0.3) is 0 Å². The fourth-order valence-electron chi connectivity index (χ4n) is 5.91. The van der Waals surface area contributed by atoms with Gasteiger partial charge in [-0.2, -0.15) is 26.3 Å². The maximum atomic E-state index is 13.5. The molecular weight excluding hydrogens is 627 g/mol. The van der Waals surface area contributed by atoms with E-state index in [1.54, 1.807) is 6.92 Å². The number of hydrogen-bond donors (Lipinski definition) is 1. The topological polar surface area (TPSA) is 79.3 Å². The van der Waals surface area contributed by atoms with Crippen LogP contribution in [0.5, 0.6) is 5.75 Å². The van der Waals surface area contributed by atoms with E-state index in [0.717, 1.165) is 17.0 Å². The molecule has 0 spiro atoms. The summed E-state index contributed by atoms with van der Waals surface area (Å²) < 4.78 is 129. The molecule has 0 bridgehead atoms. The second-order valence-corrected chi connectivity index (χ2v) is 11.0. The molecule has 7 nitrogen and oxygen atoms in total. The molecule has 1 N–H and O–H groups in total. The number of amides is 1. The minimum Gasteiger partial charge on any atom is -0.481 e. The molecule has 1 aliphatic heterocycles. The van der Waals surface area contributed by atoms with Crippen LogP contribution in [0.15, 0.2) is 36.4 Å². The maximum absolute atomic E-state index is 13.5. The van der Waals surface area contributed by atoms with Gasteiger partial charge in [-0.15, -0.1) is 13.2 Å². The molecule has 1 saturated carbocycles. The Morgan fingerprint density at radius 3 is 2.02 bits per heavy atom. The molecule has 2 aromatic rings. The number of hydrogen-bond acceptors (Lipinski definition) is 5. The Hall–Kier alpha value is -3.85. The lowest BCUT2D eigenvalue weighted by molar-refractivity contribution is -0.274. The van der Waals surface area contributed by atoms with E-state index in [-0.39, 0.29) is 17.7 Å². The van der Waals surface area contributed by atoms with Crippen molar-refractivity contribution in [1.29, 1.82) is 0 Å². The second kappa shape index (κ2) is 12.5. The minimum atomic E-state index is -5.14. The van der Waals surface area contributed by atoms with Crippen molar-refractivity contribution >= 4 is 17.7 Å². The van der Waals surface area contributed by atoms with Gasteiger partial charge in [0.15, 0.2) is 0 Å². The van der Waals surface area contributed by atoms with Crippen molar-refractivity contribution in [3.05, 3.63) is 58.7 Å². The molecule has 0 aromatic heterocycles. The lowest BCUT2D eigenvalue weighted by Crippen LogP contribution is -2.40. The minimum absolute atomic E-state index is 0.0512. The van der Waals surface area contributed by atoms with E-state index >= 15 is 0 Å². The van der Waals surface area contributed by atoms with Gasteiger partial charge in [-0.1, -0.05) is 0 Å². The summed E-state index contributed by atoms with van der Waals surface area (Å²) in [6.45, 7) is 3.04. The quantitative estimate of drug-likeness (QED) is 0.289. The smallest absolute Gasteiger partial charge is 0.481 e. The lowest BCUT2D eigenvalue weighted by atomic mass is 9.85. The van der Waals surface area contributed by atoms with Crippen LogP contribution in [0.1, 0.15) is 67.9 Å². The lowest BCUT2D eigenvalue weighted by Gasteiger charge is -2.38. The number of cyclic esters (lactones) is 1.